The lowest BCUT2D eigenvalue weighted by molar-refractivity contribution is -0.145. The Morgan fingerprint density at radius 1 is 0.974 bits per heavy atom. The van der Waals surface area contributed by atoms with Crippen molar-refractivity contribution in [2.75, 3.05) is 44.3 Å². The van der Waals surface area contributed by atoms with Gasteiger partial charge in [0.25, 0.3) is 5.91 Å². The van der Waals surface area contributed by atoms with Gasteiger partial charge in [0, 0.05) is 55.7 Å². The number of amides is 1. The summed E-state index contributed by atoms with van der Waals surface area (Å²) < 4.78 is 10.4. The van der Waals surface area contributed by atoms with Crippen LogP contribution in [0.4, 0.5) is 5.82 Å². The van der Waals surface area contributed by atoms with E-state index < -0.39 is 5.97 Å². The first-order chi connectivity index (χ1) is 19.0. The Labute approximate surface area is 225 Å². The molecule has 2 unspecified atom stereocenters. The number of hydrogen-bond acceptors (Lipinski definition) is 9. The topological polar surface area (TPSA) is 116 Å². The Balaban J connectivity index is 1.15. The predicted octanol–water partition coefficient (Wildman–Crippen LogP) is 2.67. The maximum absolute atomic E-state index is 13.6. The molecule has 11 nitrogen and oxygen atoms in total. The van der Waals surface area contributed by atoms with Crippen LogP contribution in [-0.4, -0.2) is 81.1 Å². The molecular weight excluding hydrogens is 498 g/mol. The van der Waals surface area contributed by atoms with Gasteiger partial charge in [-0.2, -0.15) is 15.0 Å². The minimum absolute atomic E-state index is 0.00906. The van der Waals surface area contributed by atoms with Gasteiger partial charge in [-0.05, 0) is 38.1 Å². The molecule has 0 bridgehead atoms. The molecule has 0 saturated carbocycles. The predicted molar refractivity (Wildman–Crippen MR) is 143 cm³/mol. The largest absolute Gasteiger partial charge is 0.466 e. The Kier molecular flexibility index (Phi) is 6.55. The first kappa shape index (κ1) is 24.8. The van der Waals surface area contributed by atoms with Crippen LogP contribution in [0.2, 0.25) is 0 Å². The van der Waals surface area contributed by atoms with Crippen LogP contribution in [0.25, 0.3) is 16.6 Å². The summed E-state index contributed by atoms with van der Waals surface area (Å²) in [6.07, 6.45) is 4.96. The lowest BCUT2D eigenvalue weighted by atomic mass is 10.0. The molecule has 0 radical (unpaired) electrons. The van der Waals surface area contributed by atoms with E-state index in [9.17, 15) is 9.59 Å². The standard InChI is InChI=1S/C28H29N7O4/c1-3-38-26(36)17-39-25-7-5-21-23(32-25)8-9-29-27(21)33-13-19-15-34(16-20(19)14-33)28(37)22-12-18(2)4-6-24(22)35-30-10-11-31-35/h4-12,19-20H,3,13-17H2,1-2H3. The summed E-state index contributed by atoms with van der Waals surface area (Å²) in [7, 11) is 0. The molecule has 2 atom stereocenters. The van der Waals surface area contributed by atoms with Crippen molar-refractivity contribution in [3.63, 3.8) is 0 Å². The number of fused-ring (bicyclic) bond motifs is 2. The van der Waals surface area contributed by atoms with E-state index in [4.69, 9.17) is 9.47 Å². The van der Waals surface area contributed by atoms with Crippen molar-refractivity contribution < 1.29 is 19.1 Å². The maximum Gasteiger partial charge on any atom is 0.344 e. The molecule has 2 fully saturated rings. The van der Waals surface area contributed by atoms with Crippen LogP contribution in [0.3, 0.4) is 0 Å². The monoisotopic (exact) mass is 527 g/mol. The normalized spacial score (nSPS) is 18.4. The van der Waals surface area contributed by atoms with Gasteiger partial charge in [-0.1, -0.05) is 11.6 Å². The zero-order valence-electron chi connectivity index (χ0n) is 21.9. The molecule has 5 heterocycles. The number of aryl methyl sites for hydroxylation is 1. The molecule has 11 heteroatoms. The number of rotatable bonds is 7. The van der Waals surface area contributed by atoms with Crippen molar-refractivity contribution >= 4 is 28.6 Å². The number of esters is 1. The van der Waals surface area contributed by atoms with E-state index in [-0.39, 0.29) is 12.5 Å². The van der Waals surface area contributed by atoms with Crippen LogP contribution in [0.1, 0.15) is 22.8 Å². The number of pyridine rings is 2. The summed E-state index contributed by atoms with van der Waals surface area (Å²) in [4.78, 5) is 40.2. The van der Waals surface area contributed by atoms with Gasteiger partial charge in [0.05, 0.1) is 35.8 Å². The Morgan fingerprint density at radius 3 is 2.49 bits per heavy atom. The summed E-state index contributed by atoms with van der Waals surface area (Å²) in [6.45, 7) is 6.85. The van der Waals surface area contributed by atoms with Crippen molar-refractivity contribution in [3.05, 3.63) is 66.1 Å². The zero-order valence-corrected chi connectivity index (χ0v) is 21.9. The number of carbonyl (C=O) groups is 2. The number of nitrogens with zero attached hydrogens (tertiary/aromatic N) is 7. The third kappa shape index (κ3) is 4.87. The summed E-state index contributed by atoms with van der Waals surface area (Å²) >= 11 is 0. The third-order valence-corrected chi connectivity index (χ3v) is 7.30. The second-order valence-electron chi connectivity index (χ2n) is 9.92. The molecule has 0 N–H and O–H groups in total. The lowest BCUT2D eigenvalue weighted by Crippen LogP contribution is -2.34. The summed E-state index contributed by atoms with van der Waals surface area (Å²) in [5.41, 5.74) is 3.07. The Bertz CT molecular complexity index is 1510. The third-order valence-electron chi connectivity index (χ3n) is 7.30. The molecule has 1 amide bonds. The van der Waals surface area contributed by atoms with Crippen molar-refractivity contribution in [2.45, 2.75) is 13.8 Å². The fraction of sp³-hybridized carbons (Fsp3) is 0.357. The van der Waals surface area contributed by atoms with Crippen LogP contribution in [-0.2, 0) is 9.53 Å². The molecule has 3 aromatic heterocycles. The molecule has 4 aromatic rings. The average molecular weight is 528 g/mol. The van der Waals surface area contributed by atoms with E-state index >= 15 is 0 Å². The van der Waals surface area contributed by atoms with Gasteiger partial charge >= 0.3 is 5.97 Å². The number of aromatic nitrogens is 5. The first-order valence-electron chi connectivity index (χ1n) is 13.1. The number of benzene rings is 1. The number of likely N-dealkylation sites (tertiary alicyclic amines) is 1. The van der Waals surface area contributed by atoms with Gasteiger partial charge in [0.1, 0.15) is 5.82 Å². The highest BCUT2D eigenvalue weighted by Gasteiger charge is 2.42. The van der Waals surface area contributed by atoms with Gasteiger partial charge < -0.3 is 19.3 Å². The number of carbonyl (C=O) groups excluding carboxylic acids is 2. The van der Waals surface area contributed by atoms with Gasteiger partial charge in [0.15, 0.2) is 6.61 Å². The molecule has 0 aliphatic carbocycles. The van der Waals surface area contributed by atoms with Gasteiger partial charge in [-0.15, -0.1) is 0 Å². The van der Waals surface area contributed by atoms with E-state index in [1.54, 1.807) is 31.6 Å². The minimum Gasteiger partial charge on any atom is -0.466 e. The van der Waals surface area contributed by atoms with Crippen molar-refractivity contribution in [2.24, 2.45) is 11.8 Å². The molecule has 1 aromatic carbocycles. The second kappa shape index (κ2) is 10.3. The molecule has 2 saturated heterocycles. The van der Waals surface area contributed by atoms with Crippen molar-refractivity contribution in [1.82, 2.24) is 29.9 Å². The molecular formula is C28H29N7O4. The summed E-state index contributed by atoms with van der Waals surface area (Å²) in [6, 6.07) is 11.3. The number of ether oxygens (including phenoxy) is 2. The van der Waals surface area contributed by atoms with E-state index in [2.05, 4.69) is 25.1 Å². The number of anilines is 1. The SMILES string of the molecule is CCOC(=O)COc1ccc2c(N3CC4CN(C(=O)c5cc(C)ccc5-n5nccn5)CC4C3)nccc2n1. The lowest BCUT2D eigenvalue weighted by Gasteiger charge is -2.24. The molecule has 2 aliphatic rings. The van der Waals surface area contributed by atoms with Gasteiger partial charge in [-0.25, -0.2) is 14.8 Å². The average Bonchev–Trinajstić information content (AvgIpc) is 3.69. The van der Waals surface area contributed by atoms with Crippen molar-refractivity contribution in [1.29, 1.82) is 0 Å². The molecule has 200 valence electrons. The van der Waals surface area contributed by atoms with Gasteiger partial charge in [-0.3, -0.25) is 4.79 Å². The highest BCUT2D eigenvalue weighted by Crippen LogP contribution is 2.36. The summed E-state index contributed by atoms with van der Waals surface area (Å²) in [5, 5.41) is 9.38. The van der Waals surface area contributed by atoms with E-state index in [1.165, 1.54) is 4.80 Å². The Morgan fingerprint density at radius 2 is 1.74 bits per heavy atom. The van der Waals surface area contributed by atoms with Gasteiger partial charge in [0.2, 0.25) is 5.88 Å². The Hall–Kier alpha value is -4.54. The van der Waals surface area contributed by atoms with E-state index in [0.717, 1.165) is 35.4 Å². The second-order valence-corrected chi connectivity index (χ2v) is 9.92. The molecule has 39 heavy (non-hydrogen) atoms. The summed E-state index contributed by atoms with van der Waals surface area (Å²) in [5.74, 6) is 1.51. The minimum atomic E-state index is -0.428. The van der Waals surface area contributed by atoms with Crippen LogP contribution < -0.4 is 9.64 Å². The smallest absolute Gasteiger partial charge is 0.344 e. The highest BCUT2D eigenvalue weighted by molar-refractivity contribution is 5.98. The zero-order chi connectivity index (χ0) is 26.9. The van der Waals surface area contributed by atoms with Crippen LogP contribution >= 0.6 is 0 Å². The van der Waals surface area contributed by atoms with Crippen LogP contribution in [0.15, 0.2) is 55.0 Å². The van der Waals surface area contributed by atoms with Crippen LogP contribution in [0.5, 0.6) is 5.88 Å². The fourth-order valence-corrected chi connectivity index (χ4v) is 5.53. The fourth-order valence-electron chi connectivity index (χ4n) is 5.53. The molecule has 2 aliphatic heterocycles. The van der Waals surface area contributed by atoms with Crippen molar-refractivity contribution in [3.8, 4) is 11.6 Å². The molecule has 0 spiro atoms. The number of hydrogen-bond donors (Lipinski definition) is 0. The quantitative estimate of drug-likeness (QED) is 0.335. The van der Waals surface area contributed by atoms with E-state index in [0.29, 0.717) is 48.7 Å². The maximum atomic E-state index is 13.6. The van der Waals surface area contributed by atoms with E-state index in [1.807, 2.05) is 42.2 Å². The first-order valence-corrected chi connectivity index (χ1v) is 13.1. The highest BCUT2D eigenvalue weighted by atomic mass is 16.6. The molecule has 6 rings (SSSR count). The van der Waals surface area contributed by atoms with Crippen LogP contribution in [0, 0.1) is 18.8 Å².